The lowest BCUT2D eigenvalue weighted by Gasteiger charge is -2.08. The molecule has 7 nitrogen and oxygen atoms in total. The molecule has 0 fully saturated rings. The van der Waals surface area contributed by atoms with Crippen molar-refractivity contribution in [2.45, 2.75) is 20.4 Å². The highest BCUT2D eigenvalue weighted by molar-refractivity contribution is 5.88. The number of nitrogens with zero attached hydrogens (tertiary/aromatic N) is 3. The maximum Gasteiger partial charge on any atom is 0.319 e. The van der Waals surface area contributed by atoms with Crippen LogP contribution in [0.3, 0.4) is 0 Å². The van der Waals surface area contributed by atoms with Gasteiger partial charge < -0.3 is 15.1 Å². The highest BCUT2D eigenvalue weighted by Gasteiger charge is 2.06. The van der Waals surface area contributed by atoms with Crippen LogP contribution in [0.2, 0.25) is 0 Å². The summed E-state index contributed by atoms with van der Waals surface area (Å²) in [5.74, 6) is 0.708. The molecule has 0 radical (unpaired) electrons. The Morgan fingerprint density at radius 3 is 2.78 bits per heavy atom. The summed E-state index contributed by atoms with van der Waals surface area (Å²) in [5, 5.41) is 9.84. The maximum absolute atomic E-state index is 11.8. The Bertz CT molecular complexity index is 791. The molecule has 0 saturated carbocycles. The highest BCUT2D eigenvalue weighted by Crippen LogP contribution is 2.12. The van der Waals surface area contributed by atoms with E-state index >= 15 is 0 Å². The standard InChI is InChI=1S/C16H17N5O2/c1-11-7-12(2)21(20-11)15-4-3-14(9-17-15)19-16(22)18-8-13-5-6-23-10-13/h3-7,9-10H,8H2,1-2H3,(H2,18,19,22). The second-order valence-corrected chi connectivity index (χ2v) is 5.18. The minimum Gasteiger partial charge on any atom is -0.472 e. The summed E-state index contributed by atoms with van der Waals surface area (Å²) in [7, 11) is 0. The number of carbonyl (C=O) groups is 1. The average molecular weight is 311 g/mol. The number of aryl methyl sites for hydroxylation is 2. The molecule has 0 aliphatic heterocycles. The van der Waals surface area contributed by atoms with Crippen molar-refractivity contribution in [3.63, 3.8) is 0 Å². The molecule has 23 heavy (non-hydrogen) atoms. The van der Waals surface area contributed by atoms with Crippen molar-refractivity contribution in [1.82, 2.24) is 20.1 Å². The van der Waals surface area contributed by atoms with Gasteiger partial charge in [-0.1, -0.05) is 0 Å². The van der Waals surface area contributed by atoms with E-state index in [1.807, 2.05) is 26.0 Å². The SMILES string of the molecule is Cc1cc(C)n(-c2ccc(NC(=O)NCc3ccoc3)cn2)n1. The van der Waals surface area contributed by atoms with E-state index in [-0.39, 0.29) is 6.03 Å². The minimum atomic E-state index is -0.299. The zero-order valence-corrected chi connectivity index (χ0v) is 12.9. The van der Waals surface area contributed by atoms with Gasteiger partial charge in [-0.05, 0) is 38.1 Å². The molecule has 0 aliphatic rings. The molecular weight excluding hydrogens is 294 g/mol. The van der Waals surface area contributed by atoms with Crippen molar-refractivity contribution in [1.29, 1.82) is 0 Å². The first kappa shape index (κ1) is 14.8. The van der Waals surface area contributed by atoms with Crippen LogP contribution in [0.1, 0.15) is 17.0 Å². The molecule has 3 aromatic heterocycles. The third-order valence-electron chi connectivity index (χ3n) is 3.27. The number of pyridine rings is 1. The van der Waals surface area contributed by atoms with Gasteiger partial charge in [0, 0.05) is 17.8 Å². The summed E-state index contributed by atoms with van der Waals surface area (Å²) in [6.07, 6.45) is 4.75. The third-order valence-corrected chi connectivity index (χ3v) is 3.27. The van der Waals surface area contributed by atoms with Crippen LogP contribution in [0.5, 0.6) is 0 Å². The molecule has 0 aromatic carbocycles. The molecule has 0 aliphatic carbocycles. The van der Waals surface area contributed by atoms with E-state index in [0.29, 0.717) is 18.1 Å². The Kier molecular flexibility index (Phi) is 4.09. The first-order valence-corrected chi connectivity index (χ1v) is 7.17. The fourth-order valence-corrected chi connectivity index (χ4v) is 2.20. The molecule has 3 aromatic rings. The van der Waals surface area contributed by atoms with Gasteiger partial charge in [-0.3, -0.25) is 0 Å². The number of nitrogens with one attached hydrogen (secondary N) is 2. The zero-order chi connectivity index (χ0) is 16.2. The van der Waals surface area contributed by atoms with Crippen LogP contribution >= 0.6 is 0 Å². The van der Waals surface area contributed by atoms with Crippen LogP contribution < -0.4 is 10.6 Å². The normalized spacial score (nSPS) is 10.5. The Hall–Kier alpha value is -3.09. The average Bonchev–Trinajstić information content (AvgIpc) is 3.15. The number of hydrogen-bond donors (Lipinski definition) is 2. The number of amides is 2. The predicted molar refractivity (Wildman–Crippen MR) is 85.4 cm³/mol. The first-order chi connectivity index (χ1) is 11.1. The smallest absolute Gasteiger partial charge is 0.319 e. The lowest BCUT2D eigenvalue weighted by molar-refractivity contribution is 0.251. The lowest BCUT2D eigenvalue weighted by atomic mass is 10.3. The van der Waals surface area contributed by atoms with Gasteiger partial charge in [0.1, 0.15) is 0 Å². The molecule has 0 saturated heterocycles. The van der Waals surface area contributed by atoms with E-state index in [0.717, 1.165) is 17.0 Å². The Labute approximate surface area is 133 Å². The van der Waals surface area contributed by atoms with Crippen LogP contribution in [0.25, 0.3) is 5.82 Å². The number of aromatic nitrogens is 3. The second-order valence-electron chi connectivity index (χ2n) is 5.18. The highest BCUT2D eigenvalue weighted by atomic mass is 16.3. The van der Waals surface area contributed by atoms with Gasteiger partial charge in [0.05, 0.1) is 30.1 Å². The topological polar surface area (TPSA) is 85.0 Å². The summed E-state index contributed by atoms with van der Waals surface area (Å²) in [4.78, 5) is 16.2. The van der Waals surface area contributed by atoms with E-state index in [9.17, 15) is 4.79 Å². The summed E-state index contributed by atoms with van der Waals surface area (Å²) in [6, 6.07) is 7.08. The molecule has 118 valence electrons. The van der Waals surface area contributed by atoms with Gasteiger partial charge in [0.25, 0.3) is 0 Å². The Morgan fingerprint density at radius 2 is 2.17 bits per heavy atom. The zero-order valence-electron chi connectivity index (χ0n) is 12.9. The van der Waals surface area contributed by atoms with Crippen LogP contribution in [0, 0.1) is 13.8 Å². The van der Waals surface area contributed by atoms with Crippen molar-refractivity contribution in [3.05, 3.63) is 59.9 Å². The van der Waals surface area contributed by atoms with E-state index in [1.165, 1.54) is 0 Å². The van der Waals surface area contributed by atoms with Crippen LogP contribution in [0.15, 0.2) is 47.4 Å². The van der Waals surface area contributed by atoms with Crippen molar-refractivity contribution in [2.75, 3.05) is 5.32 Å². The van der Waals surface area contributed by atoms with E-state index in [1.54, 1.807) is 35.5 Å². The summed E-state index contributed by atoms with van der Waals surface area (Å²) in [5.41, 5.74) is 3.46. The number of anilines is 1. The lowest BCUT2D eigenvalue weighted by Crippen LogP contribution is -2.28. The maximum atomic E-state index is 11.8. The van der Waals surface area contributed by atoms with E-state index < -0.39 is 0 Å². The molecule has 3 rings (SSSR count). The fourth-order valence-electron chi connectivity index (χ4n) is 2.20. The van der Waals surface area contributed by atoms with Crippen molar-refractivity contribution in [2.24, 2.45) is 0 Å². The molecule has 0 spiro atoms. The summed E-state index contributed by atoms with van der Waals surface area (Å²) in [6.45, 7) is 4.31. The molecule has 2 amide bonds. The van der Waals surface area contributed by atoms with Crippen LogP contribution in [-0.4, -0.2) is 20.8 Å². The largest absolute Gasteiger partial charge is 0.472 e. The number of furan rings is 1. The van der Waals surface area contributed by atoms with Crippen LogP contribution in [-0.2, 0) is 6.54 Å². The quantitative estimate of drug-likeness (QED) is 0.776. The van der Waals surface area contributed by atoms with Gasteiger partial charge in [0.15, 0.2) is 5.82 Å². The molecule has 0 bridgehead atoms. The first-order valence-electron chi connectivity index (χ1n) is 7.17. The number of hydrogen-bond acceptors (Lipinski definition) is 4. The van der Waals surface area contributed by atoms with Crippen molar-refractivity contribution < 1.29 is 9.21 Å². The third kappa shape index (κ3) is 3.57. The van der Waals surface area contributed by atoms with Gasteiger partial charge in [0.2, 0.25) is 0 Å². The van der Waals surface area contributed by atoms with Gasteiger partial charge in [-0.15, -0.1) is 0 Å². The summed E-state index contributed by atoms with van der Waals surface area (Å²) >= 11 is 0. The molecule has 2 N–H and O–H groups in total. The monoisotopic (exact) mass is 311 g/mol. The Balaban J connectivity index is 1.61. The van der Waals surface area contributed by atoms with Crippen molar-refractivity contribution >= 4 is 11.7 Å². The fraction of sp³-hybridized carbons (Fsp3) is 0.188. The van der Waals surface area contributed by atoms with E-state index in [4.69, 9.17) is 4.42 Å². The molecule has 3 heterocycles. The summed E-state index contributed by atoms with van der Waals surface area (Å²) < 4.78 is 6.70. The number of urea groups is 1. The number of rotatable bonds is 4. The Morgan fingerprint density at radius 1 is 1.30 bits per heavy atom. The molecule has 7 heteroatoms. The van der Waals surface area contributed by atoms with Crippen LogP contribution in [0.4, 0.5) is 10.5 Å². The molecule has 0 atom stereocenters. The second kappa shape index (κ2) is 6.35. The number of carbonyl (C=O) groups excluding carboxylic acids is 1. The molecule has 0 unspecified atom stereocenters. The minimum absolute atomic E-state index is 0.299. The van der Waals surface area contributed by atoms with Crippen molar-refractivity contribution in [3.8, 4) is 5.82 Å². The van der Waals surface area contributed by atoms with Gasteiger partial charge >= 0.3 is 6.03 Å². The van der Waals surface area contributed by atoms with Gasteiger partial charge in [-0.2, -0.15) is 5.10 Å². The predicted octanol–water partition coefficient (Wildman–Crippen LogP) is 2.80. The molecular formula is C16H17N5O2. The van der Waals surface area contributed by atoms with Gasteiger partial charge in [-0.25, -0.2) is 14.5 Å². The van der Waals surface area contributed by atoms with E-state index in [2.05, 4.69) is 20.7 Å².